The molecule has 0 aliphatic heterocycles. The van der Waals surface area contributed by atoms with Gasteiger partial charge < -0.3 is 5.32 Å². The lowest BCUT2D eigenvalue weighted by Gasteiger charge is -2.02. The van der Waals surface area contributed by atoms with Gasteiger partial charge in [-0.3, -0.25) is 0 Å². The van der Waals surface area contributed by atoms with Gasteiger partial charge in [0.2, 0.25) is 5.13 Å². The summed E-state index contributed by atoms with van der Waals surface area (Å²) in [6.07, 6.45) is 0. The molecule has 0 spiro atoms. The van der Waals surface area contributed by atoms with Gasteiger partial charge >= 0.3 is 0 Å². The van der Waals surface area contributed by atoms with Crippen LogP contribution in [0.5, 0.6) is 0 Å². The molecule has 0 saturated heterocycles. The van der Waals surface area contributed by atoms with E-state index in [9.17, 15) is 0 Å². The lowest BCUT2D eigenvalue weighted by molar-refractivity contribution is 1.19. The summed E-state index contributed by atoms with van der Waals surface area (Å²) in [7, 11) is 0. The third kappa shape index (κ3) is 1.95. The fraction of sp³-hybridized carbons (Fsp3) is 0.143. The van der Waals surface area contributed by atoms with Crippen LogP contribution in [0, 0.1) is 0 Å². The first-order valence-corrected chi connectivity index (χ1v) is 6.71. The maximum absolute atomic E-state index is 4.52. The predicted octanol–water partition coefficient (Wildman–Crippen LogP) is 3.79. The highest BCUT2D eigenvalue weighted by Gasteiger charge is 2.08. The fourth-order valence-electron chi connectivity index (χ4n) is 1.98. The van der Waals surface area contributed by atoms with Crippen molar-refractivity contribution in [2.75, 3.05) is 11.9 Å². The third-order valence-corrected chi connectivity index (χ3v) is 3.46. The maximum atomic E-state index is 4.52. The highest BCUT2D eigenvalue weighted by Crippen LogP contribution is 2.28. The van der Waals surface area contributed by atoms with E-state index < -0.39 is 0 Å². The van der Waals surface area contributed by atoms with Crippen LogP contribution in [0.2, 0.25) is 0 Å². The van der Waals surface area contributed by atoms with Crippen LogP contribution >= 0.6 is 11.5 Å². The van der Waals surface area contributed by atoms with E-state index in [1.807, 2.05) is 18.2 Å². The molecule has 18 heavy (non-hydrogen) atoms. The van der Waals surface area contributed by atoms with E-state index in [0.29, 0.717) is 0 Å². The fourth-order valence-corrected chi connectivity index (χ4v) is 2.62. The molecule has 90 valence electrons. The Balaban J connectivity index is 2.12. The van der Waals surface area contributed by atoms with Gasteiger partial charge in [-0.05, 0) is 17.7 Å². The Bertz CT molecular complexity index is 670. The van der Waals surface area contributed by atoms with E-state index in [-0.39, 0.29) is 0 Å². The molecule has 0 saturated carbocycles. The van der Waals surface area contributed by atoms with Gasteiger partial charge in [0.25, 0.3) is 0 Å². The van der Waals surface area contributed by atoms with Crippen molar-refractivity contribution in [3.05, 3.63) is 42.5 Å². The normalized spacial score (nSPS) is 10.7. The Morgan fingerprint density at radius 2 is 1.94 bits per heavy atom. The van der Waals surface area contributed by atoms with Crippen molar-refractivity contribution in [1.82, 2.24) is 9.36 Å². The van der Waals surface area contributed by atoms with E-state index in [0.717, 1.165) is 23.1 Å². The first-order valence-electron chi connectivity index (χ1n) is 5.94. The molecule has 1 N–H and O–H groups in total. The predicted molar refractivity (Wildman–Crippen MR) is 77.0 cm³/mol. The summed E-state index contributed by atoms with van der Waals surface area (Å²) in [5.41, 5.74) is 1.09. The van der Waals surface area contributed by atoms with Crippen LogP contribution in [0.15, 0.2) is 42.5 Å². The minimum absolute atomic E-state index is 0.799. The van der Waals surface area contributed by atoms with E-state index in [1.54, 1.807) is 0 Å². The highest BCUT2D eigenvalue weighted by atomic mass is 32.1. The zero-order valence-electron chi connectivity index (χ0n) is 10.1. The summed E-state index contributed by atoms with van der Waals surface area (Å²) in [5.74, 6) is 0.799. The van der Waals surface area contributed by atoms with Crippen molar-refractivity contribution >= 4 is 27.4 Å². The summed E-state index contributed by atoms with van der Waals surface area (Å²) in [5, 5.41) is 6.48. The molecule has 0 aliphatic carbocycles. The minimum Gasteiger partial charge on any atom is -0.361 e. The summed E-state index contributed by atoms with van der Waals surface area (Å²) in [6.45, 7) is 2.92. The number of hydrogen-bond donors (Lipinski definition) is 1. The maximum Gasteiger partial charge on any atom is 0.202 e. The quantitative estimate of drug-likeness (QED) is 0.773. The van der Waals surface area contributed by atoms with Crippen molar-refractivity contribution in [1.29, 1.82) is 0 Å². The third-order valence-electron chi connectivity index (χ3n) is 2.78. The van der Waals surface area contributed by atoms with Gasteiger partial charge in [-0.25, -0.2) is 0 Å². The molecule has 0 atom stereocenters. The smallest absolute Gasteiger partial charge is 0.202 e. The Hall–Kier alpha value is -1.94. The molecule has 3 nitrogen and oxygen atoms in total. The Labute approximate surface area is 110 Å². The molecule has 4 heteroatoms. The number of nitrogens with zero attached hydrogens (tertiary/aromatic N) is 2. The standard InChI is InChI=1S/C14H13N3S/c1-2-15-14-16-13(17-18-14)12-9-5-7-10-6-3-4-8-11(10)12/h3-9H,2H2,1H3,(H,15,16,17). The number of aromatic nitrogens is 2. The van der Waals surface area contributed by atoms with Crippen molar-refractivity contribution in [3.8, 4) is 11.4 Å². The Morgan fingerprint density at radius 1 is 1.11 bits per heavy atom. The SMILES string of the molecule is CCNc1nc(-c2cccc3ccccc23)ns1. The van der Waals surface area contributed by atoms with Gasteiger partial charge in [0.05, 0.1) is 0 Å². The average Bonchev–Trinajstić information content (AvgIpc) is 2.87. The van der Waals surface area contributed by atoms with Gasteiger partial charge in [0.15, 0.2) is 5.82 Å². The summed E-state index contributed by atoms with van der Waals surface area (Å²) in [4.78, 5) is 4.52. The molecule has 0 unspecified atom stereocenters. The average molecular weight is 255 g/mol. The largest absolute Gasteiger partial charge is 0.361 e. The van der Waals surface area contributed by atoms with Crippen LogP contribution in [0.3, 0.4) is 0 Å². The monoisotopic (exact) mass is 255 g/mol. The molecule has 0 amide bonds. The van der Waals surface area contributed by atoms with Crippen molar-refractivity contribution in [3.63, 3.8) is 0 Å². The molecule has 0 radical (unpaired) electrons. The molecule has 0 fully saturated rings. The van der Waals surface area contributed by atoms with Gasteiger partial charge in [-0.2, -0.15) is 9.36 Å². The van der Waals surface area contributed by atoms with E-state index in [1.165, 1.54) is 22.3 Å². The number of nitrogens with one attached hydrogen (secondary N) is 1. The number of anilines is 1. The zero-order valence-corrected chi connectivity index (χ0v) is 10.9. The number of hydrogen-bond acceptors (Lipinski definition) is 4. The van der Waals surface area contributed by atoms with Crippen LogP contribution in [-0.4, -0.2) is 15.9 Å². The van der Waals surface area contributed by atoms with Gasteiger partial charge in [0.1, 0.15) is 0 Å². The first kappa shape index (κ1) is 11.2. The van der Waals surface area contributed by atoms with Crippen molar-refractivity contribution in [2.24, 2.45) is 0 Å². The molecule has 1 aromatic heterocycles. The number of fused-ring (bicyclic) bond motifs is 1. The molecule has 0 bridgehead atoms. The summed E-state index contributed by atoms with van der Waals surface area (Å²) in [6, 6.07) is 14.5. The van der Waals surface area contributed by atoms with Crippen LogP contribution in [0.25, 0.3) is 22.2 Å². The molecule has 0 aliphatic rings. The van der Waals surface area contributed by atoms with Gasteiger partial charge in [-0.1, -0.05) is 42.5 Å². The van der Waals surface area contributed by atoms with E-state index in [2.05, 4.69) is 45.9 Å². The first-order chi connectivity index (χ1) is 8.88. The number of rotatable bonds is 3. The Morgan fingerprint density at radius 3 is 2.83 bits per heavy atom. The van der Waals surface area contributed by atoms with Gasteiger partial charge in [0, 0.05) is 23.6 Å². The molecule has 3 aromatic rings. The van der Waals surface area contributed by atoms with Crippen LogP contribution in [0.1, 0.15) is 6.92 Å². The number of benzene rings is 2. The molecule has 1 heterocycles. The second-order valence-electron chi connectivity index (χ2n) is 3.98. The van der Waals surface area contributed by atoms with E-state index >= 15 is 0 Å². The topological polar surface area (TPSA) is 37.8 Å². The second kappa shape index (κ2) is 4.74. The van der Waals surface area contributed by atoms with Crippen molar-refractivity contribution in [2.45, 2.75) is 6.92 Å². The molecular weight excluding hydrogens is 242 g/mol. The minimum atomic E-state index is 0.799. The summed E-state index contributed by atoms with van der Waals surface area (Å²) < 4.78 is 4.42. The highest BCUT2D eigenvalue weighted by molar-refractivity contribution is 7.09. The van der Waals surface area contributed by atoms with Crippen LogP contribution in [-0.2, 0) is 0 Å². The van der Waals surface area contributed by atoms with Gasteiger partial charge in [-0.15, -0.1) is 0 Å². The summed E-state index contributed by atoms with van der Waals surface area (Å²) >= 11 is 1.41. The van der Waals surface area contributed by atoms with Crippen LogP contribution < -0.4 is 5.32 Å². The lowest BCUT2D eigenvalue weighted by Crippen LogP contribution is -1.95. The molecule has 2 aromatic carbocycles. The van der Waals surface area contributed by atoms with E-state index in [4.69, 9.17) is 0 Å². The van der Waals surface area contributed by atoms with Crippen molar-refractivity contribution < 1.29 is 0 Å². The second-order valence-corrected chi connectivity index (χ2v) is 4.73. The Kier molecular flexibility index (Phi) is 2.94. The lowest BCUT2D eigenvalue weighted by atomic mass is 10.0. The molecular formula is C14H13N3S. The molecule has 3 rings (SSSR count). The van der Waals surface area contributed by atoms with Crippen LogP contribution in [0.4, 0.5) is 5.13 Å². The zero-order chi connectivity index (χ0) is 12.4.